The predicted molar refractivity (Wildman–Crippen MR) is 99.6 cm³/mol. The highest BCUT2D eigenvalue weighted by Gasteiger charge is 2.33. The molecule has 1 aliphatic rings. The zero-order valence-corrected chi connectivity index (χ0v) is 14.3. The molecule has 1 aliphatic heterocycles. The summed E-state index contributed by atoms with van der Waals surface area (Å²) in [7, 11) is 0. The van der Waals surface area contributed by atoms with Crippen molar-refractivity contribution < 1.29 is 9.18 Å². The summed E-state index contributed by atoms with van der Waals surface area (Å²) >= 11 is 6.26. The molecule has 0 bridgehead atoms. The van der Waals surface area contributed by atoms with Crippen molar-refractivity contribution in [3.05, 3.63) is 105 Å². The summed E-state index contributed by atoms with van der Waals surface area (Å²) in [5.41, 5.74) is 3.38. The smallest absolute Gasteiger partial charge is 0.252 e. The predicted octanol–water partition coefficient (Wildman–Crippen LogP) is 4.71. The lowest BCUT2D eigenvalue weighted by atomic mass is 9.93. The SMILES string of the molecule is O=C1NC(c2cc(F)ccc2Cl)c2c(C#Cc3ccccc3)cccc21. The minimum atomic E-state index is -0.526. The van der Waals surface area contributed by atoms with E-state index in [1.807, 2.05) is 36.4 Å². The van der Waals surface area contributed by atoms with Crippen molar-refractivity contribution in [3.63, 3.8) is 0 Å². The molecule has 0 spiro atoms. The number of hydrogen-bond donors (Lipinski definition) is 1. The van der Waals surface area contributed by atoms with E-state index in [0.29, 0.717) is 16.1 Å². The van der Waals surface area contributed by atoms with Gasteiger partial charge < -0.3 is 5.32 Å². The van der Waals surface area contributed by atoms with Gasteiger partial charge in [0.15, 0.2) is 0 Å². The van der Waals surface area contributed by atoms with Gasteiger partial charge in [0.2, 0.25) is 0 Å². The zero-order chi connectivity index (χ0) is 18.1. The van der Waals surface area contributed by atoms with Gasteiger partial charge in [0, 0.05) is 32.8 Å². The van der Waals surface area contributed by atoms with Crippen molar-refractivity contribution in [1.29, 1.82) is 0 Å². The van der Waals surface area contributed by atoms with Crippen molar-refractivity contribution in [2.45, 2.75) is 6.04 Å². The number of benzene rings is 3. The summed E-state index contributed by atoms with van der Waals surface area (Å²) in [5.74, 6) is 5.63. The third-order valence-electron chi connectivity index (χ3n) is 4.30. The van der Waals surface area contributed by atoms with Crippen LogP contribution in [0.1, 0.15) is 38.7 Å². The van der Waals surface area contributed by atoms with Gasteiger partial charge in [-0.15, -0.1) is 0 Å². The Morgan fingerprint density at radius 1 is 0.962 bits per heavy atom. The number of halogens is 2. The molecule has 1 atom stereocenters. The molecule has 0 aromatic heterocycles. The highest BCUT2D eigenvalue weighted by atomic mass is 35.5. The highest BCUT2D eigenvalue weighted by molar-refractivity contribution is 6.31. The molecule has 3 aromatic carbocycles. The number of amides is 1. The van der Waals surface area contributed by atoms with Crippen LogP contribution in [0.25, 0.3) is 0 Å². The Kier molecular flexibility index (Phi) is 4.20. The molecule has 1 N–H and O–H groups in total. The molecular formula is C22H13ClFNO. The molecule has 4 heteroatoms. The monoisotopic (exact) mass is 361 g/mol. The van der Waals surface area contributed by atoms with Crippen molar-refractivity contribution in [3.8, 4) is 11.8 Å². The van der Waals surface area contributed by atoms with E-state index in [-0.39, 0.29) is 5.91 Å². The first-order chi connectivity index (χ1) is 12.6. The van der Waals surface area contributed by atoms with Crippen LogP contribution >= 0.6 is 11.6 Å². The molecule has 0 saturated heterocycles. The normalized spacial score (nSPS) is 15.0. The Bertz CT molecular complexity index is 1070. The highest BCUT2D eigenvalue weighted by Crippen LogP contribution is 2.36. The van der Waals surface area contributed by atoms with Crippen molar-refractivity contribution in [1.82, 2.24) is 5.32 Å². The first kappa shape index (κ1) is 16.4. The van der Waals surface area contributed by atoms with Crippen LogP contribution in [0.4, 0.5) is 4.39 Å². The largest absolute Gasteiger partial charge is 0.341 e. The van der Waals surface area contributed by atoms with Crippen LogP contribution in [0.15, 0.2) is 66.7 Å². The summed E-state index contributed by atoms with van der Waals surface area (Å²) in [6.45, 7) is 0. The van der Waals surface area contributed by atoms with E-state index in [4.69, 9.17) is 11.6 Å². The summed E-state index contributed by atoms with van der Waals surface area (Å²) in [6.07, 6.45) is 0. The van der Waals surface area contributed by atoms with Gasteiger partial charge in [0.1, 0.15) is 5.82 Å². The lowest BCUT2D eigenvalue weighted by Crippen LogP contribution is -2.20. The summed E-state index contributed by atoms with van der Waals surface area (Å²) in [6, 6.07) is 18.6. The van der Waals surface area contributed by atoms with Crippen LogP contribution in [0.2, 0.25) is 5.02 Å². The fourth-order valence-electron chi connectivity index (χ4n) is 3.09. The minimum Gasteiger partial charge on any atom is -0.341 e. The first-order valence-corrected chi connectivity index (χ1v) is 8.47. The Balaban J connectivity index is 1.85. The second-order valence-electron chi connectivity index (χ2n) is 5.96. The number of nitrogens with one attached hydrogen (secondary N) is 1. The Morgan fingerprint density at radius 3 is 2.58 bits per heavy atom. The second-order valence-corrected chi connectivity index (χ2v) is 6.36. The zero-order valence-electron chi connectivity index (χ0n) is 13.6. The van der Waals surface area contributed by atoms with E-state index in [2.05, 4.69) is 17.2 Å². The molecule has 3 aromatic rings. The second kappa shape index (κ2) is 6.67. The number of carbonyl (C=O) groups excluding carboxylic acids is 1. The van der Waals surface area contributed by atoms with Crippen LogP contribution in [0.3, 0.4) is 0 Å². The van der Waals surface area contributed by atoms with Crippen LogP contribution < -0.4 is 5.32 Å². The first-order valence-electron chi connectivity index (χ1n) is 8.09. The number of carbonyl (C=O) groups is 1. The maximum atomic E-state index is 13.7. The summed E-state index contributed by atoms with van der Waals surface area (Å²) in [5, 5.41) is 3.28. The molecule has 1 unspecified atom stereocenters. The van der Waals surface area contributed by atoms with E-state index in [1.54, 1.807) is 12.1 Å². The fraction of sp³-hybridized carbons (Fsp3) is 0.0455. The average Bonchev–Trinajstić information content (AvgIpc) is 3.00. The van der Waals surface area contributed by atoms with E-state index < -0.39 is 11.9 Å². The van der Waals surface area contributed by atoms with Gasteiger partial charge in [-0.25, -0.2) is 4.39 Å². The quantitative estimate of drug-likeness (QED) is 0.625. The molecule has 2 nitrogen and oxygen atoms in total. The number of rotatable bonds is 1. The van der Waals surface area contributed by atoms with Crippen LogP contribution in [0, 0.1) is 17.7 Å². The molecule has 1 heterocycles. The van der Waals surface area contributed by atoms with E-state index in [1.165, 1.54) is 18.2 Å². The van der Waals surface area contributed by atoms with E-state index >= 15 is 0 Å². The van der Waals surface area contributed by atoms with Crippen molar-refractivity contribution in [2.24, 2.45) is 0 Å². The molecule has 0 fully saturated rings. The van der Waals surface area contributed by atoms with Crippen molar-refractivity contribution in [2.75, 3.05) is 0 Å². The van der Waals surface area contributed by atoms with Gasteiger partial charge in [-0.05, 0) is 42.5 Å². The molecule has 4 rings (SSSR count). The Morgan fingerprint density at radius 2 is 1.77 bits per heavy atom. The maximum absolute atomic E-state index is 13.7. The van der Waals surface area contributed by atoms with Gasteiger partial charge in [0.25, 0.3) is 5.91 Å². The third-order valence-corrected chi connectivity index (χ3v) is 4.64. The molecule has 1 amide bonds. The van der Waals surface area contributed by atoms with Crippen LogP contribution in [0.5, 0.6) is 0 Å². The van der Waals surface area contributed by atoms with Gasteiger partial charge in [-0.3, -0.25) is 4.79 Å². The molecule has 126 valence electrons. The summed E-state index contributed by atoms with van der Waals surface area (Å²) in [4.78, 5) is 12.4. The average molecular weight is 362 g/mol. The molecular weight excluding hydrogens is 349 g/mol. The van der Waals surface area contributed by atoms with Crippen LogP contribution in [-0.2, 0) is 0 Å². The van der Waals surface area contributed by atoms with Gasteiger partial charge in [-0.2, -0.15) is 0 Å². The standard InChI is InChI=1S/C22H13ClFNO/c23-19-12-11-16(24)13-18(19)21-20-15(7-4-8-17(20)22(26)25-21)10-9-14-5-2-1-3-6-14/h1-8,11-13,21H,(H,25,26). The maximum Gasteiger partial charge on any atom is 0.252 e. The third kappa shape index (κ3) is 2.96. The fourth-order valence-corrected chi connectivity index (χ4v) is 3.32. The number of fused-ring (bicyclic) bond motifs is 1. The van der Waals surface area contributed by atoms with Gasteiger partial charge in [0.05, 0.1) is 6.04 Å². The minimum absolute atomic E-state index is 0.214. The Labute approximate surface area is 155 Å². The lowest BCUT2D eigenvalue weighted by molar-refractivity contribution is 0.0960. The van der Waals surface area contributed by atoms with E-state index in [9.17, 15) is 9.18 Å². The Hall–Kier alpha value is -3.09. The molecule has 0 saturated carbocycles. The van der Waals surface area contributed by atoms with Crippen LogP contribution in [-0.4, -0.2) is 5.91 Å². The molecule has 0 aliphatic carbocycles. The van der Waals surface area contributed by atoms with Crippen molar-refractivity contribution >= 4 is 17.5 Å². The number of hydrogen-bond acceptors (Lipinski definition) is 1. The van der Waals surface area contributed by atoms with E-state index in [0.717, 1.165) is 16.7 Å². The van der Waals surface area contributed by atoms with Gasteiger partial charge >= 0.3 is 0 Å². The molecule has 26 heavy (non-hydrogen) atoms. The molecule has 0 radical (unpaired) electrons. The lowest BCUT2D eigenvalue weighted by Gasteiger charge is -2.15. The topological polar surface area (TPSA) is 29.1 Å². The van der Waals surface area contributed by atoms with Gasteiger partial charge in [-0.1, -0.05) is 47.7 Å². The summed E-state index contributed by atoms with van der Waals surface area (Å²) < 4.78 is 13.7.